The van der Waals surface area contributed by atoms with E-state index in [0.29, 0.717) is 21.8 Å². The van der Waals surface area contributed by atoms with Gasteiger partial charge in [0.1, 0.15) is 11.0 Å². The van der Waals surface area contributed by atoms with Gasteiger partial charge in [-0.3, -0.25) is 9.36 Å². The molecular formula is C26H23ClN4O2S. The van der Waals surface area contributed by atoms with Gasteiger partial charge in [-0.2, -0.15) is 0 Å². The number of nitrogens with zero attached hydrogens (tertiary/aromatic N) is 3. The van der Waals surface area contributed by atoms with Crippen molar-refractivity contribution in [1.29, 1.82) is 0 Å². The number of carbonyl (C=O) groups excluding carboxylic acids is 1. The second-order valence-electron chi connectivity index (χ2n) is 8.01. The summed E-state index contributed by atoms with van der Waals surface area (Å²) in [4.78, 5) is 13.2. The van der Waals surface area contributed by atoms with Crippen LogP contribution in [0.2, 0.25) is 5.02 Å². The molecule has 5 rings (SSSR count). The van der Waals surface area contributed by atoms with Gasteiger partial charge in [-0.15, -0.1) is 10.2 Å². The van der Waals surface area contributed by atoms with Crippen molar-refractivity contribution in [2.45, 2.75) is 29.3 Å². The van der Waals surface area contributed by atoms with Crippen molar-refractivity contribution >= 4 is 29.3 Å². The zero-order valence-electron chi connectivity index (χ0n) is 18.5. The first-order valence-corrected chi connectivity index (χ1v) is 12.3. The summed E-state index contributed by atoms with van der Waals surface area (Å²) in [6, 6.07) is 25.2. The molecule has 0 bridgehead atoms. The Hall–Kier alpha value is -3.29. The van der Waals surface area contributed by atoms with Crippen molar-refractivity contribution in [2.24, 2.45) is 0 Å². The molecule has 1 heterocycles. The molecule has 1 atom stereocenters. The maximum atomic E-state index is 13.2. The number of nitrogens with one attached hydrogen (secondary N) is 1. The van der Waals surface area contributed by atoms with E-state index in [1.54, 1.807) is 7.11 Å². The molecule has 3 aromatic carbocycles. The van der Waals surface area contributed by atoms with Crippen LogP contribution < -0.4 is 10.1 Å². The molecule has 1 amide bonds. The van der Waals surface area contributed by atoms with E-state index in [4.69, 9.17) is 16.3 Å². The quantitative estimate of drug-likeness (QED) is 0.320. The molecule has 34 heavy (non-hydrogen) atoms. The Morgan fingerprint density at radius 1 is 1.03 bits per heavy atom. The van der Waals surface area contributed by atoms with Crippen molar-refractivity contribution < 1.29 is 9.53 Å². The van der Waals surface area contributed by atoms with E-state index in [9.17, 15) is 4.79 Å². The number of hydrogen-bond acceptors (Lipinski definition) is 5. The summed E-state index contributed by atoms with van der Waals surface area (Å²) >= 11 is 7.54. The third-order valence-electron chi connectivity index (χ3n) is 5.55. The number of rotatable bonds is 8. The lowest BCUT2D eigenvalue weighted by Gasteiger charge is -2.18. The van der Waals surface area contributed by atoms with Crippen LogP contribution in [0.25, 0.3) is 17.1 Å². The molecule has 4 aromatic rings. The van der Waals surface area contributed by atoms with Gasteiger partial charge in [-0.05, 0) is 54.8 Å². The van der Waals surface area contributed by atoms with Gasteiger partial charge >= 0.3 is 0 Å². The summed E-state index contributed by atoms with van der Waals surface area (Å²) < 4.78 is 7.53. The maximum absolute atomic E-state index is 13.2. The first kappa shape index (κ1) is 22.5. The predicted molar refractivity (Wildman–Crippen MR) is 135 cm³/mol. The summed E-state index contributed by atoms with van der Waals surface area (Å²) in [5, 5.41) is 12.9. The Morgan fingerprint density at radius 3 is 2.44 bits per heavy atom. The van der Waals surface area contributed by atoms with Gasteiger partial charge in [0, 0.05) is 16.8 Å². The van der Waals surface area contributed by atoms with E-state index >= 15 is 0 Å². The second-order valence-corrected chi connectivity index (χ2v) is 9.52. The predicted octanol–water partition coefficient (Wildman–Crippen LogP) is 5.71. The first-order valence-electron chi connectivity index (χ1n) is 11.0. The molecule has 8 heteroatoms. The van der Waals surface area contributed by atoms with Gasteiger partial charge in [0.15, 0.2) is 11.0 Å². The zero-order valence-corrected chi connectivity index (χ0v) is 20.1. The third kappa shape index (κ3) is 4.81. The third-order valence-corrected chi connectivity index (χ3v) is 7.00. The monoisotopic (exact) mass is 490 g/mol. The number of hydrogen-bond donors (Lipinski definition) is 1. The molecule has 0 radical (unpaired) electrons. The van der Waals surface area contributed by atoms with Crippen LogP contribution in [0.4, 0.5) is 0 Å². The Balaban J connectivity index is 1.60. The summed E-state index contributed by atoms with van der Waals surface area (Å²) in [6.07, 6.45) is 2.05. The Morgan fingerprint density at radius 2 is 1.74 bits per heavy atom. The molecule has 172 valence electrons. The number of halogens is 1. The first-order chi connectivity index (χ1) is 16.6. The Bertz CT molecular complexity index is 1290. The fourth-order valence-corrected chi connectivity index (χ4v) is 4.87. The van der Waals surface area contributed by atoms with Crippen molar-refractivity contribution in [3.63, 3.8) is 0 Å². The van der Waals surface area contributed by atoms with Crippen LogP contribution in [0.1, 0.15) is 23.7 Å². The molecule has 6 nitrogen and oxygen atoms in total. The molecule has 1 aliphatic carbocycles. The van der Waals surface area contributed by atoms with Crippen molar-refractivity contribution in [3.8, 4) is 22.8 Å². The molecule has 1 aliphatic rings. The smallest absolute Gasteiger partial charge is 0.238 e. The number of aromatic nitrogens is 3. The fraction of sp³-hybridized carbons (Fsp3) is 0.192. The van der Waals surface area contributed by atoms with Crippen LogP contribution in [0.5, 0.6) is 5.75 Å². The minimum absolute atomic E-state index is 0.0248. The number of carbonyl (C=O) groups is 1. The van der Waals surface area contributed by atoms with E-state index in [1.165, 1.54) is 11.8 Å². The van der Waals surface area contributed by atoms with Crippen molar-refractivity contribution in [2.75, 3.05) is 7.11 Å². The van der Waals surface area contributed by atoms with Crippen LogP contribution in [-0.4, -0.2) is 33.8 Å². The average Bonchev–Trinajstić information content (AvgIpc) is 3.59. The van der Waals surface area contributed by atoms with Crippen molar-refractivity contribution in [1.82, 2.24) is 20.1 Å². The minimum Gasteiger partial charge on any atom is -0.496 e. The van der Waals surface area contributed by atoms with Gasteiger partial charge in [-0.1, -0.05) is 65.8 Å². The Labute approximate surface area is 207 Å². The molecule has 1 fully saturated rings. The van der Waals surface area contributed by atoms with Gasteiger partial charge in [0.05, 0.1) is 12.7 Å². The van der Waals surface area contributed by atoms with Crippen LogP contribution in [0.15, 0.2) is 84.0 Å². The molecule has 1 saturated carbocycles. The summed E-state index contributed by atoms with van der Waals surface area (Å²) in [5.74, 6) is 1.28. The van der Waals surface area contributed by atoms with Crippen LogP contribution in [-0.2, 0) is 4.79 Å². The number of para-hydroxylation sites is 1. The highest BCUT2D eigenvalue weighted by Crippen LogP contribution is 2.39. The molecule has 0 aliphatic heterocycles. The standard InChI is InChI=1S/C26H23ClN4O2S/c1-33-22-10-6-5-9-21(22)24-29-30-26(31(24)20-15-11-18(27)12-16-20)34-23(17-7-3-2-4-8-17)25(32)28-19-13-14-19/h2-12,15-16,19,23H,13-14H2,1H3,(H,28,32)/t23-/m0/s1. The SMILES string of the molecule is COc1ccccc1-c1nnc(S[C@H](C(=O)NC2CC2)c2ccccc2)n1-c1ccc(Cl)cc1. The zero-order chi connectivity index (χ0) is 23.5. The van der Waals surface area contributed by atoms with E-state index in [0.717, 1.165) is 29.7 Å². The number of benzene rings is 3. The van der Waals surface area contributed by atoms with Crippen LogP contribution in [0, 0.1) is 0 Å². The van der Waals surface area contributed by atoms with Crippen LogP contribution >= 0.6 is 23.4 Å². The van der Waals surface area contributed by atoms with Gasteiger partial charge < -0.3 is 10.1 Å². The van der Waals surface area contributed by atoms with E-state index in [1.807, 2.05) is 83.4 Å². The lowest BCUT2D eigenvalue weighted by atomic mass is 10.1. The summed E-state index contributed by atoms with van der Waals surface area (Å²) in [5.41, 5.74) is 2.56. The largest absolute Gasteiger partial charge is 0.496 e. The number of methoxy groups -OCH3 is 1. The molecular weight excluding hydrogens is 468 g/mol. The average molecular weight is 491 g/mol. The van der Waals surface area contributed by atoms with Gasteiger partial charge in [0.25, 0.3) is 0 Å². The highest BCUT2D eigenvalue weighted by atomic mass is 35.5. The van der Waals surface area contributed by atoms with E-state index in [-0.39, 0.29) is 11.9 Å². The van der Waals surface area contributed by atoms with Gasteiger partial charge in [-0.25, -0.2) is 0 Å². The summed E-state index contributed by atoms with van der Waals surface area (Å²) in [7, 11) is 1.63. The summed E-state index contributed by atoms with van der Waals surface area (Å²) in [6.45, 7) is 0. The highest BCUT2D eigenvalue weighted by Gasteiger charge is 2.31. The highest BCUT2D eigenvalue weighted by molar-refractivity contribution is 8.00. The molecule has 0 unspecified atom stereocenters. The molecule has 0 spiro atoms. The molecule has 1 aromatic heterocycles. The molecule has 0 saturated heterocycles. The topological polar surface area (TPSA) is 69.0 Å². The van der Waals surface area contributed by atoms with Gasteiger partial charge in [0.2, 0.25) is 5.91 Å². The fourth-order valence-electron chi connectivity index (χ4n) is 3.68. The maximum Gasteiger partial charge on any atom is 0.238 e. The molecule has 1 N–H and O–H groups in total. The van der Waals surface area contributed by atoms with Crippen LogP contribution in [0.3, 0.4) is 0 Å². The lowest BCUT2D eigenvalue weighted by Crippen LogP contribution is -2.29. The van der Waals surface area contributed by atoms with E-state index in [2.05, 4.69) is 15.5 Å². The van der Waals surface area contributed by atoms with E-state index < -0.39 is 5.25 Å². The second kappa shape index (κ2) is 9.91. The number of ether oxygens (including phenoxy) is 1. The lowest BCUT2D eigenvalue weighted by molar-refractivity contribution is -0.120. The Kier molecular flexibility index (Phi) is 6.56. The number of amides is 1. The number of thioether (sulfide) groups is 1. The normalized spacial score (nSPS) is 13.9. The minimum atomic E-state index is -0.470. The van der Waals surface area contributed by atoms with Crippen molar-refractivity contribution in [3.05, 3.63) is 89.4 Å².